The lowest BCUT2D eigenvalue weighted by Crippen LogP contribution is -2.54. The van der Waals surface area contributed by atoms with Crippen LogP contribution in [-0.4, -0.2) is 45.6 Å². The summed E-state index contributed by atoms with van der Waals surface area (Å²) >= 11 is 0. The van der Waals surface area contributed by atoms with Gasteiger partial charge >= 0.3 is 6.09 Å². The summed E-state index contributed by atoms with van der Waals surface area (Å²) in [5.74, 6) is -1.31. The van der Waals surface area contributed by atoms with Crippen LogP contribution < -0.4 is 10.6 Å². The molecule has 0 aliphatic rings. The second-order valence-corrected chi connectivity index (χ2v) is 9.54. The van der Waals surface area contributed by atoms with Gasteiger partial charge in [-0.3, -0.25) is 14.5 Å². The summed E-state index contributed by atoms with van der Waals surface area (Å²) in [5.41, 5.74) is -0.312. The molecule has 0 heterocycles. The standard InChI is InChI=1S/C26H39N3O5/c1-9-12-18(5)27-23(31)22(19-13-15-20(30)16-14-19)29(11-3)24(32)21(17(4)10-2)28-25(33)34-26(6,7)8/h3,13-18,21-22,30H,9-10,12H2,1-2,4-8H3,(H,27,31)(H,28,33). The van der Waals surface area contributed by atoms with Gasteiger partial charge in [0.15, 0.2) is 0 Å². The summed E-state index contributed by atoms with van der Waals surface area (Å²) in [5, 5.41) is 15.2. The maximum atomic E-state index is 13.7. The van der Waals surface area contributed by atoms with Crippen molar-refractivity contribution < 1.29 is 24.2 Å². The molecule has 188 valence electrons. The minimum Gasteiger partial charge on any atom is -0.508 e. The maximum Gasteiger partial charge on any atom is 0.408 e. The average molecular weight is 474 g/mol. The first-order valence-electron chi connectivity index (χ1n) is 11.7. The number of hydrogen-bond donors (Lipinski definition) is 3. The Morgan fingerprint density at radius 3 is 2.18 bits per heavy atom. The summed E-state index contributed by atoms with van der Waals surface area (Å²) in [4.78, 5) is 40.5. The molecule has 4 atom stereocenters. The Morgan fingerprint density at radius 2 is 1.71 bits per heavy atom. The fraction of sp³-hybridized carbons (Fsp3) is 0.577. The number of nitrogens with one attached hydrogen (secondary N) is 2. The fourth-order valence-electron chi connectivity index (χ4n) is 3.43. The third kappa shape index (κ3) is 8.62. The Bertz CT molecular complexity index is 870. The average Bonchev–Trinajstić information content (AvgIpc) is 2.74. The number of ether oxygens (including phenoxy) is 1. The van der Waals surface area contributed by atoms with Crippen LogP contribution in [0.15, 0.2) is 24.3 Å². The summed E-state index contributed by atoms with van der Waals surface area (Å²) in [7, 11) is 0. The van der Waals surface area contributed by atoms with E-state index in [0.717, 1.165) is 17.7 Å². The lowest BCUT2D eigenvalue weighted by molar-refractivity contribution is -0.139. The highest BCUT2D eigenvalue weighted by Crippen LogP contribution is 2.26. The number of alkyl carbamates (subject to hydrolysis) is 1. The number of rotatable bonds is 10. The minimum atomic E-state index is -1.15. The first kappa shape index (κ1) is 28.8. The van der Waals surface area contributed by atoms with Crippen molar-refractivity contribution in [3.05, 3.63) is 29.8 Å². The van der Waals surface area contributed by atoms with Crippen LogP contribution in [0, 0.1) is 18.4 Å². The largest absolute Gasteiger partial charge is 0.508 e. The van der Waals surface area contributed by atoms with Crippen molar-refractivity contribution in [2.24, 2.45) is 5.92 Å². The molecule has 1 aromatic carbocycles. The summed E-state index contributed by atoms with van der Waals surface area (Å²) in [6.07, 6.45) is 7.23. The molecule has 34 heavy (non-hydrogen) atoms. The smallest absolute Gasteiger partial charge is 0.408 e. The summed E-state index contributed by atoms with van der Waals surface area (Å²) in [6.45, 7) is 12.8. The van der Waals surface area contributed by atoms with Gasteiger partial charge in [0.2, 0.25) is 5.91 Å². The molecule has 0 saturated heterocycles. The van der Waals surface area contributed by atoms with Crippen LogP contribution in [0.25, 0.3) is 0 Å². The van der Waals surface area contributed by atoms with Gasteiger partial charge in [0.1, 0.15) is 23.4 Å². The highest BCUT2D eigenvalue weighted by molar-refractivity contribution is 5.93. The molecule has 8 nitrogen and oxygen atoms in total. The second kappa shape index (κ2) is 12.9. The number of phenols is 1. The van der Waals surface area contributed by atoms with Crippen LogP contribution in [0.2, 0.25) is 0 Å². The number of hydrogen-bond acceptors (Lipinski definition) is 5. The molecule has 0 bridgehead atoms. The van der Waals surface area contributed by atoms with Crippen molar-refractivity contribution in [2.75, 3.05) is 0 Å². The molecular formula is C26H39N3O5. The van der Waals surface area contributed by atoms with Crippen molar-refractivity contribution >= 4 is 17.9 Å². The van der Waals surface area contributed by atoms with Gasteiger partial charge < -0.3 is 20.5 Å². The predicted molar refractivity (Wildman–Crippen MR) is 132 cm³/mol. The normalized spacial score (nSPS) is 14.6. The molecule has 0 aromatic heterocycles. The third-order valence-corrected chi connectivity index (χ3v) is 5.35. The van der Waals surface area contributed by atoms with Crippen molar-refractivity contribution in [3.8, 4) is 18.2 Å². The van der Waals surface area contributed by atoms with Crippen LogP contribution in [0.3, 0.4) is 0 Å². The van der Waals surface area contributed by atoms with Gasteiger partial charge in [0.05, 0.1) is 0 Å². The SMILES string of the molecule is C#CN(C(=O)C(NC(=O)OC(C)(C)C)C(C)CC)C(C(=O)NC(C)CCC)c1ccc(O)cc1. The Morgan fingerprint density at radius 1 is 1.12 bits per heavy atom. The number of aromatic hydroxyl groups is 1. The lowest BCUT2D eigenvalue weighted by atomic mass is 9.96. The van der Waals surface area contributed by atoms with E-state index in [-0.39, 0.29) is 17.7 Å². The van der Waals surface area contributed by atoms with E-state index in [0.29, 0.717) is 12.0 Å². The van der Waals surface area contributed by atoms with Gasteiger partial charge in [-0.1, -0.05) is 52.2 Å². The van der Waals surface area contributed by atoms with Gasteiger partial charge in [-0.25, -0.2) is 4.79 Å². The predicted octanol–water partition coefficient (Wildman–Crippen LogP) is 4.10. The highest BCUT2D eigenvalue weighted by atomic mass is 16.6. The molecule has 3 amide bonds. The molecule has 1 aromatic rings. The second-order valence-electron chi connectivity index (χ2n) is 9.54. The summed E-state index contributed by atoms with van der Waals surface area (Å²) in [6, 6.07) is 6.01. The van der Waals surface area contributed by atoms with E-state index < -0.39 is 35.6 Å². The van der Waals surface area contributed by atoms with Crippen LogP contribution in [0.5, 0.6) is 5.75 Å². The van der Waals surface area contributed by atoms with E-state index in [1.165, 1.54) is 12.1 Å². The fourth-order valence-corrected chi connectivity index (χ4v) is 3.43. The molecule has 0 aliphatic carbocycles. The molecule has 0 spiro atoms. The van der Waals surface area contributed by atoms with Crippen LogP contribution in [0.4, 0.5) is 4.79 Å². The topological polar surface area (TPSA) is 108 Å². The van der Waals surface area contributed by atoms with Gasteiger partial charge in [-0.15, -0.1) is 0 Å². The Labute approximate surface area is 203 Å². The number of phenolic OH excluding ortho intramolecular Hbond substituents is 1. The molecular weight excluding hydrogens is 434 g/mol. The molecule has 0 fully saturated rings. The number of carbonyl (C=O) groups is 3. The number of carbonyl (C=O) groups excluding carboxylic acids is 3. The quantitative estimate of drug-likeness (QED) is 0.350. The van der Waals surface area contributed by atoms with Gasteiger partial charge in [0, 0.05) is 12.1 Å². The van der Waals surface area contributed by atoms with E-state index >= 15 is 0 Å². The van der Waals surface area contributed by atoms with Crippen LogP contribution >= 0.6 is 0 Å². The van der Waals surface area contributed by atoms with Gasteiger partial charge in [-0.2, -0.15) is 0 Å². The third-order valence-electron chi connectivity index (χ3n) is 5.35. The van der Waals surface area contributed by atoms with Gasteiger partial charge in [0.25, 0.3) is 5.91 Å². The zero-order valence-corrected chi connectivity index (χ0v) is 21.3. The van der Waals surface area contributed by atoms with Crippen LogP contribution in [0.1, 0.15) is 79.3 Å². The van der Waals surface area contributed by atoms with E-state index in [9.17, 15) is 19.5 Å². The molecule has 3 N–H and O–H groups in total. The molecule has 0 radical (unpaired) electrons. The van der Waals surface area contributed by atoms with E-state index in [1.54, 1.807) is 32.9 Å². The molecule has 8 heteroatoms. The number of nitrogens with zero attached hydrogens (tertiary/aromatic N) is 1. The molecule has 4 unspecified atom stereocenters. The van der Waals surface area contributed by atoms with E-state index in [4.69, 9.17) is 11.2 Å². The Balaban J connectivity index is 3.38. The molecule has 1 rings (SSSR count). The zero-order valence-electron chi connectivity index (χ0n) is 21.3. The zero-order chi connectivity index (χ0) is 26.1. The van der Waals surface area contributed by atoms with Crippen molar-refractivity contribution in [2.45, 2.75) is 91.5 Å². The van der Waals surface area contributed by atoms with Crippen molar-refractivity contribution in [1.82, 2.24) is 15.5 Å². The minimum absolute atomic E-state index is 0.0184. The Kier molecular flexibility index (Phi) is 10.9. The first-order valence-corrected chi connectivity index (χ1v) is 11.7. The van der Waals surface area contributed by atoms with Crippen molar-refractivity contribution in [3.63, 3.8) is 0 Å². The van der Waals surface area contributed by atoms with E-state index in [1.807, 2.05) is 27.7 Å². The van der Waals surface area contributed by atoms with E-state index in [2.05, 4.69) is 16.7 Å². The highest BCUT2D eigenvalue weighted by Gasteiger charge is 2.38. The van der Waals surface area contributed by atoms with Crippen molar-refractivity contribution in [1.29, 1.82) is 0 Å². The summed E-state index contributed by atoms with van der Waals surface area (Å²) < 4.78 is 5.33. The number of terminal acetylenes is 1. The number of benzene rings is 1. The van der Waals surface area contributed by atoms with Gasteiger partial charge in [-0.05, 0) is 57.7 Å². The maximum absolute atomic E-state index is 13.7. The van der Waals surface area contributed by atoms with Crippen LogP contribution in [-0.2, 0) is 14.3 Å². The Hall–Kier alpha value is -3.21. The lowest BCUT2D eigenvalue weighted by Gasteiger charge is -2.33. The molecule has 0 aliphatic heterocycles. The molecule has 0 saturated carbocycles. The monoisotopic (exact) mass is 473 g/mol. The number of amides is 3. The first-order chi connectivity index (χ1) is 15.8.